The zero-order valence-electron chi connectivity index (χ0n) is 39.8. The third-order valence-electron chi connectivity index (χ3n) is 13.2. The number of carboxylic acid groups (broad SMARTS) is 2. The second-order valence-electron chi connectivity index (χ2n) is 18.9. The first-order chi connectivity index (χ1) is 28.4. The van der Waals surface area contributed by atoms with Gasteiger partial charge in [0, 0.05) is 12.0 Å². The predicted octanol–water partition coefficient (Wildman–Crippen LogP) is 17.9. The molecule has 1 unspecified atom stereocenters. The second kappa shape index (κ2) is 45.4. The molecule has 0 heterocycles. The summed E-state index contributed by atoms with van der Waals surface area (Å²) in [7, 11) is 0. The molecule has 0 aliphatic heterocycles. The Morgan fingerprint density at radius 1 is 0.362 bits per heavy atom. The van der Waals surface area contributed by atoms with E-state index in [-0.39, 0.29) is 18.4 Å². The van der Waals surface area contributed by atoms with Crippen LogP contribution >= 0.6 is 0 Å². The maximum atomic E-state index is 12.5. The van der Waals surface area contributed by atoms with E-state index in [1.165, 1.54) is 244 Å². The van der Waals surface area contributed by atoms with Crippen molar-refractivity contribution >= 4 is 11.9 Å². The number of aliphatic carboxylic acids is 2. The van der Waals surface area contributed by atoms with Crippen molar-refractivity contribution in [3.8, 4) is 0 Å². The largest absolute Gasteiger partial charge is 0.481 e. The molecule has 0 aromatic rings. The maximum absolute atomic E-state index is 12.5. The highest BCUT2D eigenvalue weighted by atomic mass is 16.4. The van der Waals surface area contributed by atoms with E-state index in [0.717, 1.165) is 38.5 Å². The summed E-state index contributed by atoms with van der Waals surface area (Å²) < 4.78 is 0. The first kappa shape index (κ1) is 56.9. The first-order valence-corrected chi connectivity index (χ1v) is 26.6. The number of carbonyl (C=O) groups is 2. The van der Waals surface area contributed by atoms with E-state index in [0.29, 0.717) is 0 Å². The SMILES string of the molecule is CCCCCCCCCCCCCCCCCCC(CCCCCCCCCCC)(CCCCCCCCCCCCCCCCCC)NC(CCC(=O)O)C(=O)O. The van der Waals surface area contributed by atoms with Gasteiger partial charge in [0.25, 0.3) is 0 Å². The lowest BCUT2D eigenvalue weighted by molar-refractivity contribution is -0.141. The van der Waals surface area contributed by atoms with Crippen LogP contribution in [0.2, 0.25) is 0 Å². The van der Waals surface area contributed by atoms with Gasteiger partial charge in [-0.25, -0.2) is 0 Å². The number of hydrogen-bond donors (Lipinski definition) is 3. The molecule has 0 aromatic heterocycles. The summed E-state index contributed by atoms with van der Waals surface area (Å²) in [5, 5.41) is 23.4. The number of hydrogen-bond acceptors (Lipinski definition) is 3. The molecular formula is C53H105NO4. The van der Waals surface area contributed by atoms with Crippen LogP contribution in [-0.2, 0) is 9.59 Å². The molecular weight excluding hydrogens is 715 g/mol. The molecule has 0 aliphatic carbocycles. The van der Waals surface area contributed by atoms with Crippen molar-refractivity contribution in [3.63, 3.8) is 0 Å². The van der Waals surface area contributed by atoms with Crippen LogP contribution in [0.1, 0.15) is 316 Å². The van der Waals surface area contributed by atoms with Gasteiger partial charge in [-0.1, -0.05) is 284 Å². The zero-order chi connectivity index (χ0) is 42.5. The molecule has 0 saturated heterocycles. The molecule has 0 bridgehead atoms. The minimum Gasteiger partial charge on any atom is -0.481 e. The molecule has 5 heteroatoms. The van der Waals surface area contributed by atoms with Crippen LogP contribution in [0, 0.1) is 0 Å². The van der Waals surface area contributed by atoms with Gasteiger partial charge in [-0.15, -0.1) is 0 Å². The summed E-state index contributed by atoms with van der Waals surface area (Å²) in [6.07, 6.45) is 58.0. The third-order valence-corrected chi connectivity index (χ3v) is 13.2. The van der Waals surface area contributed by atoms with E-state index in [1.807, 2.05) is 0 Å². The van der Waals surface area contributed by atoms with Gasteiger partial charge in [-0.05, 0) is 25.7 Å². The van der Waals surface area contributed by atoms with Crippen molar-refractivity contribution in [2.45, 2.75) is 328 Å². The Morgan fingerprint density at radius 3 is 0.759 bits per heavy atom. The molecule has 5 nitrogen and oxygen atoms in total. The van der Waals surface area contributed by atoms with Gasteiger partial charge in [0.2, 0.25) is 0 Å². The Balaban J connectivity index is 4.94. The Labute approximate surface area is 363 Å². The molecule has 0 amide bonds. The number of carboxylic acids is 2. The van der Waals surface area contributed by atoms with Crippen molar-refractivity contribution in [2.24, 2.45) is 0 Å². The van der Waals surface area contributed by atoms with E-state index in [1.54, 1.807) is 0 Å². The molecule has 0 saturated carbocycles. The molecule has 0 fully saturated rings. The van der Waals surface area contributed by atoms with E-state index < -0.39 is 18.0 Å². The lowest BCUT2D eigenvalue weighted by atomic mass is 9.80. The Bertz CT molecular complexity index is 810. The summed E-state index contributed by atoms with van der Waals surface area (Å²) >= 11 is 0. The standard InChI is InChI=1S/C53H105NO4/c1-4-7-10-13-16-19-21-23-25-27-29-31-34-37-40-43-48-53(54-50(52(57)58)45-46-51(55)56,47-42-39-36-33-18-15-12-9-6-3)49-44-41-38-35-32-30-28-26-24-22-20-17-14-11-8-5-2/h50,54H,4-49H2,1-3H3,(H,55,56)(H,57,58). The van der Waals surface area contributed by atoms with Gasteiger partial charge in [0.15, 0.2) is 0 Å². The average Bonchev–Trinajstić information content (AvgIpc) is 3.21. The zero-order valence-corrected chi connectivity index (χ0v) is 39.8. The van der Waals surface area contributed by atoms with Crippen LogP contribution in [0.25, 0.3) is 0 Å². The van der Waals surface area contributed by atoms with Crippen LogP contribution in [-0.4, -0.2) is 33.7 Å². The molecule has 0 aliphatic rings. The average molecular weight is 820 g/mol. The Hall–Kier alpha value is -1.10. The third kappa shape index (κ3) is 40.3. The number of rotatable bonds is 50. The molecule has 58 heavy (non-hydrogen) atoms. The highest BCUT2D eigenvalue weighted by molar-refractivity contribution is 5.75. The maximum Gasteiger partial charge on any atom is 0.320 e. The number of nitrogens with one attached hydrogen (secondary N) is 1. The fourth-order valence-corrected chi connectivity index (χ4v) is 9.28. The smallest absolute Gasteiger partial charge is 0.320 e. The lowest BCUT2D eigenvalue weighted by Crippen LogP contribution is -2.53. The highest BCUT2D eigenvalue weighted by Gasteiger charge is 2.34. The Morgan fingerprint density at radius 2 is 0.569 bits per heavy atom. The van der Waals surface area contributed by atoms with Gasteiger partial charge in [0.1, 0.15) is 6.04 Å². The Kier molecular flexibility index (Phi) is 44.6. The van der Waals surface area contributed by atoms with Gasteiger partial charge in [0.05, 0.1) is 0 Å². The van der Waals surface area contributed by atoms with Gasteiger partial charge >= 0.3 is 11.9 Å². The molecule has 0 rings (SSSR count). The van der Waals surface area contributed by atoms with E-state index in [2.05, 4.69) is 26.1 Å². The van der Waals surface area contributed by atoms with Gasteiger partial charge in [-0.3, -0.25) is 14.9 Å². The summed E-state index contributed by atoms with van der Waals surface area (Å²) in [6, 6.07) is -0.795. The fraction of sp³-hybridized carbons (Fsp3) is 0.962. The van der Waals surface area contributed by atoms with Crippen molar-refractivity contribution < 1.29 is 19.8 Å². The van der Waals surface area contributed by atoms with Crippen molar-refractivity contribution in [1.29, 1.82) is 0 Å². The van der Waals surface area contributed by atoms with E-state index in [4.69, 9.17) is 0 Å². The second-order valence-corrected chi connectivity index (χ2v) is 18.9. The predicted molar refractivity (Wildman–Crippen MR) is 254 cm³/mol. The summed E-state index contributed by atoms with van der Waals surface area (Å²) in [5.74, 6) is -1.80. The summed E-state index contributed by atoms with van der Waals surface area (Å²) in [5.41, 5.74) is -0.214. The van der Waals surface area contributed by atoms with Crippen molar-refractivity contribution in [2.75, 3.05) is 0 Å². The van der Waals surface area contributed by atoms with Gasteiger partial charge < -0.3 is 10.2 Å². The normalized spacial score (nSPS) is 12.4. The van der Waals surface area contributed by atoms with Crippen LogP contribution in [0.4, 0.5) is 0 Å². The van der Waals surface area contributed by atoms with Crippen LogP contribution in [0.5, 0.6) is 0 Å². The molecule has 0 spiro atoms. The minimum absolute atomic E-state index is 0.101. The lowest BCUT2D eigenvalue weighted by Gasteiger charge is -2.38. The molecule has 1 atom stereocenters. The molecule has 346 valence electrons. The molecule has 0 radical (unpaired) electrons. The summed E-state index contributed by atoms with van der Waals surface area (Å²) in [4.78, 5) is 24.0. The van der Waals surface area contributed by atoms with E-state index >= 15 is 0 Å². The number of unbranched alkanes of at least 4 members (excludes halogenated alkanes) is 38. The molecule has 0 aromatic carbocycles. The van der Waals surface area contributed by atoms with Crippen LogP contribution in [0.15, 0.2) is 0 Å². The molecule has 3 N–H and O–H groups in total. The fourth-order valence-electron chi connectivity index (χ4n) is 9.28. The monoisotopic (exact) mass is 820 g/mol. The first-order valence-electron chi connectivity index (χ1n) is 26.6. The van der Waals surface area contributed by atoms with Gasteiger partial charge in [-0.2, -0.15) is 0 Å². The van der Waals surface area contributed by atoms with Crippen LogP contribution < -0.4 is 5.32 Å². The quantitative estimate of drug-likeness (QED) is 0.0532. The van der Waals surface area contributed by atoms with Crippen molar-refractivity contribution in [1.82, 2.24) is 5.32 Å². The van der Waals surface area contributed by atoms with Crippen LogP contribution in [0.3, 0.4) is 0 Å². The topological polar surface area (TPSA) is 86.6 Å². The van der Waals surface area contributed by atoms with Crippen molar-refractivity contribution in [3.05, 3.63) is 0 Å². The van der Waals surface area contributed by atoms with E-state index in [9.17, 15) is 19.8 Å². The summed E-state index contributed by atoms with van der Waals surface area (Å²) in [6.45, 7) is 6.86. The minimum atomic E-state index is -0.909. The highest BCUT2D eigenvalue weighted by Crippen LogP contribution is 2.31.